The molecule has 1 amide bonds. The Bertz CT molecular complexity index is 878. The highest BCUT2D eigenvalue weighted by Gasteiger charge is 2.23. The fraction of sp³-hybridized carbons (Fsp3) is 0.435. The summed E-state index contributed by atoms with van der Waals surface area (Å²) in [4.78, 5) is 17.0. The van der Waals surface area contributed by atoms with Crippen molar-refractivity contribution in [2.75, 3.05) is 39.4 Å². The fourth-order valence-electron chi connectivity index (χ4n) is 3.87. The van der Waals surface area contributed by atoms with Gasteiger partial charge in [0.25, 0.3) is 0 Å². The molecule has 0 spiro atoms. The summed E-state index contributed by atoms with van der Waals surface area (Å²) >= 11 is 6.42. The van der Waals surface area contributed by atoms with Gasteiger partial charge in [0, 0.05) is 39.1 Å². The van der Waals surface area contributed by atoms with Crippen molar-refractivity contribution >= 4 is 17.5 Å². The van der Waals surface area contributed by atoms with E-state index in [-0.39, 0.29) is 5.91 Å². The molecule has 1 saturated heterocycles. The number of carbonyl (C=O) groups is 1. The van der Waals surface area contributed by atoms with Crippen LogP contribution in [0.15, 0.2) is 36.4 Å². The van der Waals surface area contributed by atoms with Crippen LogP contribution in [0.1, 0.15) is 23.1 Å². The Balaban J connectivity index is 1.33. The van der Waals surface area contributed by atoms with Crippen molar-refractivity contribution in [3.05, 3.63) is 58.1 Å². The molecule has 0 radical (unpaired) electrons. The number of halogens is 1. The molecule has 0 aromatic heterocycles. The summed E-state index contributed by atoms with van der Waals surface area (Å²) in [5.74, 6) is 1.59. The van der Waals surface area contributed by atoms with E-state index < -0.39 is 0 Å². The van der Waals surface area contributed by atoms with E-state index in [0.717, 1.165) is 56.0 Å². The lowest BCUT2D eigenvalue weighted by molar-refractivity contribution is -0.132. The molecular formula is C23H27ClN2O3. The lowest BCUT2D eigenvalue weighted by Gasteiger charge is -2.35. The third-order valence-electron chi connectivity index (χ3n) is 5.60. The molecule has 2 aliphatic rings. The molecule has 0 saturated carbocycles. The number of carbonyl (C=O) groups excluding carboxylic acids is 1. The first-order chi connectivity index (χ1) is 14.1. The highest BCUT2D eigenvalue weighted by molar-refractivity contribution is 6.32. The largest absolute Gasteiger partial charge is 0.489 e. The molecule has 4 rings (SSSR count). The summed E-state index contributed by atoms with van der Waals surface area (Å²) in [6.45, 7) is 7.33. The zero-order chi connectivity index (χ0) is 20.2. The van der Waals surface area contributed by atoms with Crippen LogP contribution in [0.4, 0.5) is 0 Å². The first kappa shape index (κ1) is 20.0. The smallest absolute Gasteiger partial charge is 0.227 e. The molecular weight excluding hydrogens is 388 g/mol. The average molecular weight is 415 g/mol. The first-order valence-corrected chi connectivity index (χ1v) is 10.6. The van der Waals surface area contributed by atoms with Crippen LogP contribution in [0.3, 0.4) is 0 Å². The van der Waals surface area contributed by atoms with E-state index in [9.17, 15) is 4.79 Å². The molecule has 0 N–H and O–H groups in total. The van der Waals surface area contributed by atoms with Gasteiger partial charge in [-0.1, -0.05) is 35.9 Å². The van der Waals surface area contributed by atoms with E-state index in [1.165, 1.54) is 5.56 Å². The van der Waals surface area contributed by atoms with E-state index in [4.69, 9.17) is 21.1 Å². The zero-order valence-corrected chi connectivity index (χ0v) is 17.6. The Kier molecular flexibility index (Phi) is 6.26. The third-order valence-corrected chi connectivity index (χ3v) is 5.88. The number of benzene rings is 2. The summed E-state index contributed by atoms with van der Waals surface area (Å²) in [6, 6.07) is 12.1. The molecule has 2 aromatic carbocycles. The van der Waals surface area contributed by atoms with Crippen LogP contribution in [-0.4, -0.2) is 55.1 Å². The summed E-state index contributed by atoms with van der Waals surface area (Å²) in [7, 11) is 0. The lowest BCUT2D eigenvalue weighted by atomic mass is 10.1. The molecule has 0 atom stereocenters. The van der Waals surface area contributed by atoms with Gasteiger partial charge in [-0.25, -0.2) is 0 Å². The van der Waals surface area contributed by atoms with Crippen LogP contribution in [0.25, 0.3) is 0 Å². The number of piperazine rings is 1. The number of amides is 1. The summed E-state index contributed by atoms with van der Waals surface area (Å²) in [5, 5.41) is 0.603. The van der Waals surface area contributed by atoms with Gasteiger partial charge in [0.1, 0.15) is 0 Å². The maximum atomic E-state index is 12.7. The SMILES string of the molecule is Cc1ccccc1CC(=O)N1CCN(Cc2cc(Cl)c3c(c2)OCCCO3)CC1. The number of nitrogens with zero attached hydrogens (tertiary/aromatic N) is 2. The van der Waals surface area contributed by atoms with Gasteiger partial charge < -0.3 is 14.4 Å². The quantitative estimate of drug-likeness (QED) is 0.765. The van der Waals surface area contributed by atoms with Gasteiger partial charge in [0.15, 0.2) is 11.5 Å². The van der Waals surface area contributed by atoms with E-state index in [1.54, 1.807) is 0 Å². The normalized spacial score (nSPS) is 17.1. The highest BCUT2D eigenvalue weighted by atomic mass is 35.5. The summed E-state index contributed by atoms with van der Waals surface area (Å²) in [5.41, 5.74) is 3.39. The Labute approximate surface area is 177 Å². The van der Waals surface area contributed by atoms with Crippen LogP contribution in [0.5, 0.6) is 11.5 Å². The van der Waals surface area contributed by atoms with Crippen molar-refractivity contribution in [1.82, 2.24) is 9.80 Å². The van der Waals surface area contributed by atoms with Crippen molar-refractivity contribution in [3.8, 4) is 11.5 Å². The van der Waals surface area contributed by atoms with Crippen LogP contribution < -0.4 is 9.47 Å². The van der Waals surface area contributed by atoms with Crippen molar-refractivity contribution in [2.45, 2.75) is 26.3 Å². The molecule has 5 nitrogen and oxygen atoms in total. The highest BCUT2D eigenvalue weighted by Crippen LogP contribution is 2.38. The van der Waals surface area contributed by atoms with Crippen LogP contribution in [-0.2, 0) is 17.8 Å². The number of ether oxygens (including phenoxy) is 2. The van der Waals surface area contributed by atoms with Crippen molar-refractivity contribution in [1.29, 1.82) is 0 Å². The fourth-order valence-corrected chi connectivity index (χ4v) is 4.16. The Hall–Kier alpha value is -2.24. The first-order valence-electron chi connectivity index (χ1n) is 10.2. The van der Waals surface area contributed by atoms with Gasteiger partial charge in [-0.3, -0.25) is 9.69 Å². The van der Waals surface area contributed by atoms with Crippen molar-refractivity contribution in [3.63, 3.8) is 0 Å². The Morgan fingerprint density at radius 2 is 1.83 bits per heavy atom. The molecule has 0 bridgehead atoms. The second-order valence-electron chi connectivity index (χ2n) is 7.72. The monoisotopic (exact) mass is 414 g/mol. The average Bonchev–Trinajstić information content (AvgIpc) is 2.96. The van der Waals surface area contributed by atoms with E-state index >= 15 is 0 Å². The van der Waals surface area contributed by atoms with Gasteiger partial charge in [0.05, 0.1) is 24.7 Å². The van der Waals surface area contributed by atoms with Crippen LogP contribution in [0, 0.1) is 6.92 Å². The van der Waals surface area contributed by atoms with Gasteiger partial charge in [-0.05, 0) is 35.7 Å². The Morgan fingerprint density at radius 1 is 1.07 bits per heavy atom. The molecule has 2 heterocycles. The van der Waals surface area contributed by atoms with Crippen LogP contribution in [0.2, 0.25) is 5.02 Å². The summed E-state index contributed by atoms with van der Waals surface area (Å²) < 4.78 is 11.5. The molecule has 1 fully saturated rings. The number of hydrogen-bond donors (Lipinski definition) is 0. The third kappa shape index (κ3) is 4.85. The molecule has 0 aliphatic carbocycles. The number of aryl methyl sites for hydroxylation is 1. The second-order valence-corrected chi connectivity index (χ2v) is 8.12. The number of fused-ring (bicyclic) bond motifs is 1. The van der Waals surface area contributed by atoms with E-state index in [0.29, 0.717) is 30.4 Å². The number of rotatable bonds is 4. The zero-order valence-electron chi connectivity index (χ0n) is 16.8. The van der Waals surface area contributed by atoms with Gasteiger partial charge >= 0.3 is 0 Å². The standard InChI is InChI=1S/C23H27ClN2O3/c1-17-5-2-3-6-19(17)15-22(27)26-9-7-25(8-10-26)16-18-13-20(24)23-21(14-18)28-11-4-12-29-23/h2-3,5-6,13-14H,4,7-12,15-16H2,1H3. The maximum Gasteiger partial charge on any atom is 0.227 e. The Morgan fingerprint density at radius 3 is 2.62 bits per heavy atom. The molecule has 154 valence electrons. The minimum absolute atomic E-state index is 0.206. The second kappa shape index (κ2) is 9.06. The minimum Gasteiger partial charge on any atom is -0.489 e. The van der Waals surface area contributed by atoms with E-state index in [2.05, 4.69) is 17.9 Å². The van der Waals surface area contributed by atoms with Crippen molar-refractivity contribution < 1.29 is 14.3 Å². The molecule has 0 unspecified atom stereocenters. The summed E-state index contributed by atoms with van der Waals surface area (Å²) in [6.07, 6.45) is 1.34. The van der Waals surface area contributed by atoms with Crippen molar-refractivity contribution in [2.24, 2.45) is 0 Å². The van der Waals surface area contributed by atoms with Gasteiger partial charge in [0.2, 0.25) is 5.91 Å². The van der Waals surface area contributed by atoms with Crippen LogP contribution >= 0.6 is 11.6 Å². The van der Waals surface area contributed by atoms with Gasteiger partial charge in [-0.15, -0.1) is 0 Å². The minimum atomic E-state index is 0.206. The maximum absolute atomic E-state index is 12.7. The molecule has 6 heteroatoms. The molecule has 29 heavy (non-hydrogen) atoms. The number of hydrogen-bond acceptors (Lipinski definition) is 4. The topological polar surface area (TPSA) is 42.0 Å². The van der Waals surface area contributed by atoms with E-state index in [1.807, 2.05) is 35.2 Å². The molecule has 2 aromatic rings. The lowest BCUT2D eigenvalue weighted by Crippen LogP contribution is -2.48. The predicted molar refractivity (Wildman–Crippen MR) is 114 cm³/mol. The molecule has 2 aliphatic heterocycles. The predicted octanol–water partition coefficient (Wildman–Crippen LogP) is 3.70. The van der Waals surface area contributed by atoms with Gasteiger partial charge in [-0.2, -0.15) is 0 Å².